The van der Waals surface area contributed by atoms with Crippen LogP contribution < -0.4 is 0 Å². The summed E-state index contributed by atoms with van der Waals surface area (Å²) in [4.78, 5) is 9.99. The lowest BCUT2D eigenvalue weighted by molar-refractivity contribution is -0.104. The van der Waals surface area contributed by atoms with Crippen LogP contribution in [0.1, 0.15) is 71.1 Å². The zero-order chi connectivity index (χ0) is 12.6. The largest absolute Gasteiger partial charge is 0.299 e. The van der Waals surface area contributed by atoms with Gasteiger partial charge in [0.05, 0.1) is 0 Å². The van der Waals surface area contributed by atoms with Gasteiger partial charge in [0.2, 0.25) is 0 Å². The molecular weight excluding hydrogens is 208 g/mol. The molecule has 98 valence electrons. The fourth-order valence-electron chi connectivity index (χ4n) is 1.86. The average molecular weight is 236 g/mol. The van der Waals surface area contributed by atoms with E-state index in [1.807, 2.05) is 6.08 Å². The highest BCUT2D eigenvalue weighted by Gasteiger charge is 1.90. The number of hydrogen-bond acceptors (Lipinski definition) is 1. The van der Waals surface area contributed by atoms with E-state index in [4.69, 9.17) is 0 Å². The third-order valence-electron chi connectivity index (χ3n) is 2.91. The van der Waals surface area contributed by atoms with Crippen molar-refractivity contribution in [2.24, 2.45) is 0 Å². The Morgan fingerprint density at radius 3 is 1.88 bits per heavy atom. The van der Waals surface area contributed by atoms with Crippen molar-refractivity contribution in [1.29, 1.82) is 0 Å². The Hall–Kier alpha value is -0.850. The second kappa shape index (κ2) is 15.1. The third kappa shape index (κ3) is 15.1. The molecule has 0 saturated carbocycles. The Labute approximate surface area is 107 Å². The van der Waals surface area contributed by atoms with Gasteiger partial charge < -0.3 is 0 Å². The molecule has 0 rings (SSSR count). The maximum absolute atomic E-state index is 9.99. The Kier molecular flexibility index (Phi) is 14.4. The monoisotopic (exact) mass is 236 g/mol. The summed E-state index contributed by atoms with van der Waals surface area (Å²) in [5.41, 5.74) is 0. The fourth-order valence-corrected chi connectivity index (χ4v) is 1.86. The molecule has 0 aromatic carbocycles. The minimum Gasteiger partial charge on any atom is -0.299 e. The predicted molar refractivity (Wildman–Crippen MR) is 76.2 cm³/mol. The van der Waals surface area contributed by atoms with Crippen LogP contribution in [0.5, 0.6) is 0 Å². The second-order valence-electron chi connectivity index (χ2n) is 4.57. The Bertz CT molecular complexity index is 204. The van der Waals surface area contributed by atoms with Crippen LogP contribution in [0.15, 0.2) is 24.3 Å². The Morgan fingerprint density at radius 1 is 0.706 bits per heavy atom. The number of aldehydes is 1. The third-order valence-corrected chi connectivity index (χ3v) is 2.91. The first kappa shape index (κ1) is 16.1. The molecule has 0 aliphatic rings. The van der Waals surface area contributed by atoms with Crippen molar-refractivity contribution in [1.82, 2.24) is 0 Å². The number of carbonyl (C=O) groups excluding carboxylic acids is 1. The number of hydrogen-bond donors (Lipinski definition) is 0. The van der Waals surface area contributed by atoms with Crippen molar-refractivity contribution in [3.63, 3.8) is 0 Å². The van der Waals surface area contributed by atoms with E-state index in [0.29, 0.717) is 0 Å². The van der Waals surface area contributed by atoms with Gasteiger partial charge >= 0.3 is 0 Å². The van der Waals surface area contributed by atoms with Crippen LogP contribution in [0.3, 0.4) is 0 Å². The molecule has 0 aliphatic carbocycles. The van der Waals surface area contributed by atoms with Crippen molar-refractivity contribution in [2.45, 2.75) is 71.1 Å². The number of carbonyl (C=O) groups is 1. The summed E-state index contributed by atoms with van der Waals surface area (Å²) in [5, 5.41) is 0. The summed E-state index contributed by atoms with van der Waals surface area (Å²) in [6, 6.07) is 0. The quantitative estimate of drug-likeness (QED) is 0.196. The lowest BCUT2D eigenvalue weighted by Crippen LogP contribution is -1.80. The highest BCUT2D eigenvalue weighted by molar-refractivity contribution is 5.65. The summed E-state index contributed by atoms with van der Waals surface area (Å²) >= 11 is 0. The molecule has 0 amide bonds. The summed E-state index contributed by atoms with van der Waals surface area (Å²) in [6.07, 6.45) is 21.8. The first-order chi connectivity index (χ1) is 8.41. The zero-order valence-electron chi connectivity index (χ0n) is 11.4. The van der Waals surface area contributed by atoms with Gasteiger partial charge in [0, 0.05) is 0 Å². The Balaban J connectivity index is 3.05. The van der Waals surface area contributed by atoms with Gasteiger partial charge in [-0.1, -0.05) is 76.5 Å². The minimum atomic E-state index is 0.808. The SMILES string of the molecule is CCCCCCCCCCC/C=C\C=C/C=O. The fraction of sp³-hybridized carbons (Fsp3) is 0.688. The summed E-state index contributed by atoms with van der Waals surface area (Å²) in [5.74, 6) is 0. The molecule has 1 heteroatoms. The molecular formula is C16H28O. The summed E-state index contributed by atoms with van der Waals surface area (Å²) in [6.45, 7) is 2.26. The van der Waals surface area contributed by atoms with Gasteiger partial charge in [-0.25, -0.2) is 0 Å². The van der Waals surface area contributed by atoms with Crippen LogP contribution in [-0.4, -0.2) is 6.29 Å². The molecule has 0 fully saturated rings. The Morgan fingerprint density at radius 2 is 1.29 bits per heavy atom. The van der Waals surface area contributed by atoms with Gasteiger partial charge in [-0.3, -0.25) is 4.79 Å². The molecule has 0 N–H and O–H groups in total. The van der Waals surface area contributed by atoms with Crippen LogP contribution in [-0.2, 0) is 4.79 Å². The van der Waals surface area contributed by atoms with Crippen LogP contribution in [0.25, 0.3) is 0 Å². The molecule has 0 saturated heterocycles. The van der Waals surface area contributed by atoms with Crippen molar-refractivity contribution < 1.29 is 4.79 Å². The molecule has 0 radical (unpaired) electrons. The molecule has 0 unspecified atom stereocenters. The molecule has 1 nitrogen and oxygen atoms in total. The van der Waals surface area contributed by atoms with E-state index in [2.05, 4.69) is 13.0 Å². The smallest absolute Gasteiger partial charge is 0.142 e. The lowest BCUT2D eigenvalue weighted by Gasteiger charge is -2.00. The number of rotatable bonds is 12. The van der Waals surface area contributed by atoms with E-state index in [1.54, 1.807) is 6.08 Å². The molecule has 17 heavy (non-hydrogen) atoms. The topological polar surface area (TPSA) is 17.1 Å². The van der Waals surface area contributed by atoms with E-state index in [0.717, 1.165) is 12.7 Å². The number of allylic oxidation sites excluding steroid dienone is 4. The zero-order valence-corrected chi connectivity index (χ0v) is 11.4. The van der Waals surface area contributed by atoms with Crippen LogP contribution >= 0.6 is 0 Å². The maximum atomic E-state index is 9.99. The molecule has 0 atom stereocenters. The van der Waals surface area contributed by atoms with Crippen molar-refractivity contribution in [3.8, 4) is 0 Å². The van der Waals surface area contributed by atoms with Crippen LogP contribution in [0, 0.1) is 0 Å². The molecule has 0 spiro atoms. The first-order valence-corrected chi connectivity index (χ1v) is 7.18. The van der Waals surface area contributed by atoms with E-state index in [1.165, 1.54) is 63.9 Å². The van der Waals surface area contributed by atoms with E-state index in [9.17, 15) is 4.79 Å². The minimum absolute atomic E-state index is 0.808. The molecule has 0 aromatic heterocycles. The molecule has 0 aromatic rings. The van der Waals surface area contributed by atoms with E-state index in [-0.39, 0.29) is 0 Å². The summed E-state index contributed by atoms with van der Waals surface area (Å²) < 4.78 is 0. The van der Waals surface area contributed by atoms with Gasteiger partial charge in [0.15, 0.2) is 0 Å². The number of unbranched alkanes of at least 4 members (excludes halogenated alkanes) is 9. The highest BCUT2D eigenvalue weighted by Crippen LogP contribution is 2.10. The predicted octanol–water partition coefficient (Wildman–Crippen LogP) is 5.22. The van der Waals surface area contributed by atoms with Crippen LogP contribution in [0.2, 0.25) is 0 Å². The highest BCUT2D eigenvalue weighted by atomic mass is 16.1. The van der Waals surface area contributed by atoms with Gasteiger partial charge in [0.25, 0.3) is 0 Å². The summed E-state index contributed by atoms with van der Waals surface area (Å²) in [7, 11) is 0. The van der Waals surface area contributed by atoms with Crippen molar-refractivity contribution >= 4 is 6.29 Å². The lowest BCUT2D eigenvalue weighted by atomic mass is 10.1. The maximum Gasteiger partial charge on any atom is 0.142 e. The van der Waals surface area contributed by atoms with Crippen molar-refractivity contribution in [2.75, 3.05) is 0 Å². The standard InChI is InChI=1S/C16H28O/c1-2-3-4-5-6-7-8-9-10-11-12-13-14-15-16-17/h12-16H,2-11H2,1H3/b13-12-,15-14-. The molecule has 0 aliphatic heterocycles. The van der Waals surface area contributed by atoms with E-state index < -0.39 is 0 Å². The molecule has 0 bridgehead atoms. The second-order valence-corrected chi connectivity index (χ2v) is 4.57. The normalized spacial score (nSPS) is 11.6. The first-order valence-electron chi connectivity index (χ1n) is 7.18. The van der Waals surface area contributed by atoms with E-state index >= 15 is 0 Å². The van der Waals surface area contributed by atoms with Gasteiger partial charge in [0.1, 0.15) is 6.29 Å². The van der Waals surface area contributed by atoms with Gasteiger partial charge in [-0.2, -0.15) is 0 Å². The van der Waals surface area contributed by atoms with Crippen LogP contribution in [0.4, 0.5) is 0 Å². The van der Waals surface area contributed by atoms with Gasteiger partial charge in [-0.05, 0) is 18.9 Å². The van der Waals surface area contributed by atoms with Gasteiger partial charge in [-0.15, -0.1) is 0 Å². The van der Waals surface area contributed by atoms with Crippen molar-refractivity contribution in [3.05, 3.63) is 24.3 Å². The molecule has 0 heterocycles. The average Bonchev–Trinajstić information content (AvgIpc) is 2.35.